The molecular weight excluding hydrogens is 650 g/mol. The van der Waals surface area contributed by atoms with Crippen LogP contribution >= 0.6 is 12.4 Å². The number of amides is 1. The number of sulfone groups is 2. The zero-order valence-electron chi connectivity index (χ0n) is 26.9. The van der Waals surface area contributed by atoms with Crippen LogP contribution in [0.4, 0.5) is 11.5 Å². The number of carbonyl (C=O) groups excluding carboxylic acids is 1. The summed E-state index contributed by atoms with van der Waals surface area (Å²) in [6.07, 6.45) is 6.71. The Morgan fingerprint density at radius 2 is 1.70 bits per heavy atom. The first-order chi connectivity index (χ1) is 21.2. The highest BCUT2D eigenvalue weighted by molar-refractivity contribution is 8.10. The number of anilines is 2. The largest absolute Gasteiger partial charge is 0.383 e. The SMILES string of the molecule is CCS(=O)(=O)C(C)(C(CC1CCCCC1)Nc1ccc(C)n(CC(=O)NCc2ccc3c(N)nccc3c2)c1=O)S(=O)(=O)CC.Cl. The van der Waals surface area contributed by atoms with E-state index in [0.717, 1.165) is 48.4 Å². The topological polar surface area (TPSA) is 170 Å². The number of nitrogens with two attached hydrogens (primary N) is 1. The van der Waals surface area contributed by atoms with Gasteiger partial charge in [-0.05, 0) is 61.4 Å². The molecule has 1 aliphatic carbocycles. The molecule has 0 bridgehead atoms. The predicted molar refractivity (Wildman–Crippen MR) is 187 cm³/mol. The van der Waals surface area contributed by atoms with E-state index in [1.807, 2.05) is 24.3 Å². The van der Waals surface area contributed by atoms with Gasteiger partial charge in [0.05, 0.1) is 6.04 Å². The van der Waals surface area contributed by atoms with Crippen molar-refractivity contribution in [2.75, 3.05) is 22.6 Å². The number of benzene rings is 1. The second kappa shape index (κ2) is 15.2. The third-order valence-electron chi connectivity index (χ3n) is 9.30. The minimum absolute atomic E-state index is 0. The van der Waals surface area contributed by atoms with Gasteiger partial charge < -0.3 is 20.9 Å². The number of fused-ring (bicyclic) bond motifs is 1. The van der Waals surface area contributed by atoms with Crippen molar-refractivity contribution in [3.63, 3.8) is 0 Å². The number of hydrogen-bond acceptors (Lipinski definition) is 9. The van der Waals surface area contributed by atoms with Gasteiger partial charge in [0.1, 0.15) is 18.1 Å². The van der Waals surface area contributed by atoms with Crippen molar-refractivity contribution >= 4 is 60.3 Å². The van der Waals surface area contributed by atoms with Crippen LogP contribution < -0.4 is 21.9 Å². The number of aromatic nitrogens is 2. The molecule has 4 N–H and O–H groups in total. The van der Waals surface area contributed by atoms with Gasteiger partial charge in [-0.25, -0.2) is 21.8 Å². The first-order valence-electron chi connectivity index (χ1n) is 15.6. The van der Waals surface area contributed by atoms with E-state index in [4.69, 9.17) is 5.73 Å². The summed E-state index contributed by atoms with van der Waals surface area (Å²) in [6, 6.07) is 9.57. The Kier molecular flexibility index (Phi) is 12.3. The molecule has 0 saturated heterocycles. The molecule has 1 atom stereocenters. The normalized spacial score (nSPS) is 15.2. The van der Waals surface area contributed by atoms with E-state index in [2.05, 4.69) is 15.6 Å². The van der Waals surface area contributed by atoms with E-state index >= 15 is 0 Å². The highest BCUT2D eigenvalue weighted by atomic mass is 35.5. The van der Waals surface area contributed by atoms with Crippen LogP contribution in [0.5, 0.6) is 0 Å². The van der Waals surface area contributed by atoms with E-state index in [0.29, 0.717) is 11.5 Å². The van der Waals surface area contributed by atoms with Crippen LogP contribution in [0.2, 0.25) is 0 Å². The lowest BCUT2D eigenvalue weighted by Crippen LogP contribution is -2.58. The van der Waals surface area contributed by atoms with E-state index in [9.17, 15) is 26.4 Å². The number of nitrogen functional groups attached to an aromatic ring is 1. The van der Waals surface area contributed by atoms with Crippen LogP contribution in [-0.2, 0) is 37.6 Å². The fourth-order valence-corrected chi connectivity index (χ4v) is 10.9. The van der Waals surface area contributed by atoms with Crippen molar-refractivity contribution in [1.29, 1.82) is 0 Å². The third-order valence-corrected chi connectivity index (χ3v) is 15.4. The average molecular weight is 696 g/mol. The molecule has 11 nitrogen and oxygen atoms in total. The van der Waals surface area contributed by atoms with Crippen molar-refractivity contribution in [2.45, 2.75) is 89.4 Å². The van der Waals surface area contributed by atoms with Crippen LogP contribution in [-0.4, -0.2) is 53.9 Å². The lowest BCUT2D eigenvalue weighted by molar-refractivity contribution is -0.121. The van der Waals surface area contributed by atoms with Gasteiger partial charge in [0, 0.05) is 35.3 Å². The second-order valence-corrected chi connectivity index (χ2v) is 17.6. The van der Waals surface area contributed by atoms with E-state index in [1.165, 1.54) is 31.4 Å². The minimum atomic E-state index is -4.13. The number of aryl methyl sites for hydroxylation is 1. The summed E-state index contributed by atoms with van der Waals surface area (Å²) in [5.74, 6) is -0.558. The van der Waals surface area contributed by atoms with Gasteiger partial charge in [0.2, 0.25) is 5.91 Å². The standard InChI is InChI=1S/C32H45N5O6S2.ClH/c1-5-44(40,41)32(4,45(42,43)6-2)28(19-23-10-8-7-9-11-23)36-27-15-12-22(3)37(31(27)39)21-29(38)35-20-24-13-14-26-25(18-24)16-17-34-30(26)33;/h12-18,23,28,36H,5-11,19-21H2,1-4H3,(H2,33,34)(H,35,38);1H. The molecule has 0 radical (unpaired) electrons. The lowest BCUT2D eigenvalue weighted by Gasteiger charge is -2.39. The molecule has 1 fully saturated rings. The molecule has 1 saturated carbocycles. The molecule has 2 heterocycles. The molecule has 2 aromatic heterocycles. The molecule has 1 aliphatic rings. The van der Waals surface area contributed by atoms with Crippen LogP contribution in [0.3, 0.4) is 0 Å². The number of rotatable bonds is 13. The van der Waals surface area contributed by atoms with E-state index in [1.54, 1.807) is 19.2 Å². The Hall–Kier alpha value is -3.16. The molecule has 254 valence electrons. The van der Waals surface area contributed by atoms with Gasteiger partial charge in [0.15, 0.2) is 23.8 Å². The number of nitrogens with zero attached hydrogens (tertiary/aromatic N) is 2. The van der Waals surface area contributed by atoms with Crippen molar-refractivity contribution < 1.29 is 21.6 Å². The summed E-state index contributed by atoms with van der Waals surface area (Å²) in [7, 11) is -8.27. The first-order valence-corrected chi connectivity index (χ1v) is 18.9. The number of carbonyl (C=O) groups is 1. The van der Waals surface area contributed by atoms with Gasteiger partial charge in [-0.15, -0.1) is 12.4 Å². The molecule has 46 heavy (non-hydrogen) atoms. The van der Waals surface area contributed by atoms with Gasteiger partial charge in [-0.3, -0.25) is 9.59 Å². The maximum Gasteiger partial charge on any atom is 0.274 e. The Balaban J connectivity index is 0.00000576. The van der Waals surface area contributed by atoms with Crippen LogP contribution in [0.15, 0.2) is 47.4 Å². The maximum atomic E-state index is 13.8. The summed E-state index contributed by atoms with van der Waals surface area (Å²) in [5, 5.41) is 7.66. The fourth-order valence-electron chi connectivity index (χ4n) is 6.29. The van der Waals surface area contributed by atoms with Crippen LogP contribution in [0.1, 0.15) is 70.6 Å². The molecule has 1 aromatic carbocycles. The van der Waals surface area contributed by atoms with Crippen molar-refractivity contribution in [3.8, 4) is 0 Å². The van der Waals surface area contributed by atoms with Crippen LogP contribution in [0, 0.1) is 12.8 Å². The Morgan fingerprint density at radius 3 is 2.33 bits per heavy atom. The molecule has 14 heteroatoms. The average Bonchev–Trinajstić information content (AvgIpc) is 3.02. The summed E-state index contributed by atoms with van der Waals surface area (Å²) < 4.78 is 53.4. The molecular formula is C32H46ClN5O6S2. The summed E-state index contributed by atoms with van der Waals surface area (Å²) in [6.45, 7) is 5.83. The van der Waals surface area contributed by atoms with Gasteiger partial charge in [0.25, 0.3) is 5.56 Å². The minimum Gasteiger partial charge on any atom is -0.383 e. The van der Waals surface area contributed by atoms with Crippen LogP contribution in [0.25, 0.3) is 10.8 Å². The lowest BCUT2D eigenvalue weighted by atomic mass is 9.84. The quantitative estimate of drug-likeness (QED) is 0.235. The Labute approximate surface area is 278 Å². The number of nitrogens with one attached hydrogen (secondary N) is 2. The molecule has 0 aliphatic heterocycles. The first kappa shape index (κ1) is 37.3. The van der Waals surface area contributed by atoms with Gasteiger partial charge >= 0.3 is 0 Å². The number of pyridine rings is 2. The second-order valence-electron chi connectivity index (χ2n) is 12.1. The van der Waals surface area contributed by atoms with E-state index in [-0.39, 0.29) is 55.0 Å². The Morgan fingerprint density at radius 1 is 1.04 bits per heavy atom. The van der Waals surface area contributed by atoms with Gasteiger partial charge in [-0.1, -0.05) is 58.1 Å². The number of halogens is 1. The highest BCUT2D eigenvalue weighted by Crippen LogP contribution is 2.38. The Bertz CT molecular complexity index is 1790. The predicted octanol–water partition coefficient (Wildman–Crippen LogP) is 4.36. The maximum absolute atomic E-state index is 13.8. The molecule has 3 aromatic rings. The van der Waals surface area contributed by atoms with Gasteiger partial charge in [-0.2, -0.15) is 0 Å². The molecule has 4 rings (SSSR count). The number of hydrogen-bond donors (Lipinski definition) is 3. The molecule has 0 spiro atoms. The smallest absolute Gasteiger partial charge is 0.274 e. The highest BCUT2D eigenvalue weighted by Gasteiger charge is 2.55. The zero-order valence-corrected chi connectivity index (χ0v) is 29.4. The summed E-state index contributed by atoms with van der Waals surface area (Å²) in [4.78, 5) is 30.9. The van der Waals surface area contributed by atoms with E-state index < -0.39 is 41.3 Å². The van der Waals surface area contributed by atoms with Crippen molar-refractivity contribution in [3.05, 3.63) is 64.2 Å². The van der Waals surface area contributed by atoms with Crippen molar-refractivity contribution in [1.82, 2.24) is 14.9 Å². The monoisotopic (exact) mass is 695 g/mol. The summed E-state index contributed by atoms with van der Waals surface area (Å²) in [5.41, 5.74) is 6.84. The molecule has 1 amide bonds. The third kappa shape index (κ3) is 7.69. The summed E-state index contributed by atoms with van der Waals surface area (Å²) >= 11 is 0. The zero-order chi connectivity index (χ0) is 33.0. The fraction of sp³-hybridized carbons (Fsp3) is 0.531. The molecule has 1 unspecified atom stereocenters. The van der Waals surface area contributed by atoms with Crippen molar-refractivity contribution in [2.24, 2.45) is 5.92 Å².